The van der Waals surface area contributed by atoms with Crippen LogP contribution >= 0.6 is 0 Å². The SMILES string of the molecule is Cc1ccc(/C=C/C(=O)NC(C)C2CC2)o1. The highest BCUT2D eigenvalue weighted by Crippen LogP contribution is 2.32. The fourth-order valence-corrected chi connectivity index (χ4v) is 1.69. The van der Waals surface area contributed by atoms with Crippen molar-refractivity contribution in [3.05, 3.63) is 29.7 Å². The summed E-state index contributed by atoms with van der Waals surface area (Å²) >= 11 is 0. The average Bonchev–Trinajstić information content (AvgIpc) is 3.00. The van der Waals surface area contributed by atoms with Crippen LogP contribution in [-0.4, -0.2) is 11.9 Å². The first-order chi connectivity index (χ1) is 7.65. The fraction of sp³-hybridized carbons (Fsp3) is 0.462. The van der Waals surface area contributed by atoms with Crippen molar-refractivity contribution in [2.45, 2.75) is 32.7 Å². The number of amides is 1. The summed E-state index contributed by atoms with van der Waals surface area (Å²) in [5.41, 5.74) is 0. The predicted octanol–water partition coefficient (Wildman–Crippen LogP) is 2.52. The van der Waals surface area contributed by atoms with Crippen LogP contribution in [-0.2, 0) is 4.79 Å². The van der Waals surface area contributed by atoms with Crippen molar-refractivity contribution in [2.75, 3.05) is 0 Å². The summed E-state index contributed by atoms with van der Waals surface area (Å²) in [4.78, 5) is 11.5. The second-order valence-corrected chi connectivity index (χ2v) is 4.42. The van der Waals surface area contributed by atoms with Gasteiger partial charge in [-0.25, -0.2) is 0 Å². The summed E-state index contributed by atoms with van der Waals surface area (Å²) in [6.45, 7) is 3.94. The molecule has 3 nitrogen and oxygen atoms in total. The zero-order chi connectivity index (χ0) is 11.5. The first-order valence-electron chi connectivity index (χ1n) is 5.70. The van der Waals surface area contributed by atoms with E-state index in [0.717, 1.165) is 5.76 Å². The highest BCUT2D eigenvalue weighted by Gasteiger charge is 2.28. The van der Waals surface area contributed by atoms with E-state index < -0.39 is 0 Å². The number of nitrogens with one attached hydrogen (secondary N) is 1. The van der Waals surface area contributed by atoms with E-state index in [1.54, 1.807) is 6.08 Å². The second-order valence-electron chi connectivity index (χ2n) is 4.42. The minimum atomic E-state index is -0.0477. The minimum Gasteiger partial charge on any atom is -0.462 e. The van der Waals surface area contributed by atoms with E-state index in [9.17, 15) is 4.79 Å². The number of carbonyl (C=O) groups is 1. The first-order valence-corrected chi connectivity index (χ1v) is 5.70. The summed E-state index contributed by atoms with van der Waals surface area (Å²) in [6, 6.07) is 4.02. The molecule has 0 aromatic carbocycles. The van der Waals surface area contributed by atoms with E-state index in [1.807, 2.05) is 19.1 Å². The molecule has 1 aliphatic carbocycles. The van der Waals surface area contributed by atoms with E-state index >= 15 is 0 Å². The van der Waals surface area contributed by atoms with Gasteiger partial charge in [0.15, 0.2) is 0 Å². The summed E-state index contributed by atoms with van der Waals surface area (Å²) in [5.74, 6) is 2.20. The van der Waals surface area contributed by atoms with Crippen LogP contribution in [0.15, 0.2) is 22.6 Å². The Hall–Kier alpha value is -1.51. The van der Waals surface area contributed by atoms with E-state index in [1.165, 1.54) is 18.9 Å². The van der Waals surface area contributed by atoms with Gasteiger partial charge in [0, 0.05) is 12.1 Å². The van der Waals surface area contributed by atoms with Crippen LogP contribution in [0, 0.1) is 12.8 Å². The zero-order valence-electron chi connectivity index (χ0n) is 9.69. The Morgan fingerprint density at radius 3 is 2.88 bits per heavy atom. The smallest absolute Gasteiger partial charge is 0.244 e. The summed E-state index contributed by atoms with van der Waals surface area (Å²) < 4.78 is 5.33. The molecule has 0 saturated heterocycles. The molecule has 0 bridgehead atoms. The largest absolute Gasteiger partial charge is 0.462 e. The van der Waals surface area contributed by atoms with Gasteiger partial charge < -0.3 is 9.73 Å². The number of aryl methyl sites for hydroxylation is 1. The lowest BCUT2D eigenvalue weighted by Crippen LogP contribution is -2.32. The van der Waals surface area contributed by atoms with Gasteiger partial charge in [-0.2, -0.15) is 0 Å². The van der Waals surface area contributed by atoms with Crippen molar-refractivity contribution in [3.8, 4) is 0 Å². The molecule has 1 N–H and O–H groups in total. The molecule has 3 heteroatoms. The van der Waals surface area contributed by atoms with Crippen LogP contribution in [0.2, 0.25) is 0 Å². The number of furan rings is 1. The van der Waals surface area contributed by atoms with Crippen molar-refractivity contribution < 1.29 is 9.21 Å². The zero-order valence-corrected chi connectivity index (χ0v) is 9.69. The third-order valence-corrected chi connectivity index (χ3v) is 2.86. The Balaban J connectivity index is 1.84. The van der Waals surface area contributed by atoms with Gasteiger partial charge in [0.2, 0.25) is 5.91 Å². The van der Waals surface area contributed by atoms with Crippen LogP contribution < -0.4 is 5.32 Å². The normalized spacial score (nSPS) is 17.6. The molecule has 1 aromatic heterocycles. The monoisotopic (exact) mass is 219 g/mol. The van der Waals surface area contributed by atoms with Gasteiger partial charge in [-0.15, -0.1) is 0 Å². The van der Waals surface area contributed by atoms with Crippen molar-refractivity contribution >= 4 is 12.0 Å². The van der Waals surface area contributed by atoms with E-state index in [-0.39, 0.29) is 11.9 Å². The van der Waals surface area contributed by atoms with Gasteiger partial charge in [0.1, 0.15) is 11.5 Å². The Bertz CT molecular complexity index is 402. The molecule has 1 fully saturated rings. The second kappa shape index (κ2) is 4.56. The van der Waals surface area contributed by atoms with Gasteiger partial charge in [-0.3, -0.25) is 4.79 Å². The molecule has 2 rings (SSSR count). The number of rotatable bonds is 4. The molecule has 1 aromatic rings. The summed E-state index contributed by atoms with van der Waals surface area (Å²) in [6.07, 6.45) is 5.70. The maximum absolute atomic E-state index is 11.5. The third kappa shape index (κ3) is 2.99. The molecule has 1 unspecified atom stereocenters. The van der Waals surface area contributed by atoms with Gasteiger partial charge in [0.05, 0.1) is 0 Å². The Morgan fingerprint density at radius 2 is 2.31 bits per heavy atom. The molecule has 0 aliphatic heterocycles. The summed E-state index contributed by atoms with van der Waals surface area (Å²) in [5, 5.41) is 2.95. The predicted molar refractivity (Wildman–Crippen MR) is 62.8 cm³/mol. The molecule has 0 radical (unpaired) electrons. The number of hydrogen-bond donors (Lipinski definition) is 1. The quantitative estimate of drug-likeness (QED) is 0.791. The van der Waals surface area contributed by atoms with Gasteiger partial charge in [-0.1, -0.05) is 0 Å². The van der Waals surface area contributed by atoms with E-state index in [0.29, 0.717) is 11.7 Å². The molecule has 1 amide bonds. The lowest BCUT2D eigenvalue weighted by atomic mass is 10.2. The standard InChI is InChI=1S/C13H17NO2/c1-9-3-6-12(16-9)7-8-13(15)14-10(2)11-4-5-11/h3,6-8,10-11H,4-5H2,1-2H3,(H,14,15)/b8-7+. The molecule has 86 valence electrons. The minimum absolute atomic E-state index is 0.0477. The maximum Gasteiger partial charge on any atom is 0.244 e. The lowest BCUT2D eigenvalue weighted by molar-refractivity contribution is -0.117. The average molecular weight is 219 g/mol. The highest BCUT2D eigenvalue weighted by atomic mass is 16.3. The molecule has 16 heavy (non-hydrogen) atoms. The number of hydrogen-bond acceptors (Lipinski definition) is 2. The van der Waals surface area contributed by atoms with E-state index in [2.05, 4.69) is 12.2 Å². The Morgan fingerprint density at radius 1 is 1.56 bits per heavy atom. The van der Waals surface area contributed by atoms with Crippen molar-refractivity contribution in [3.63, 3.8) is 0 Å². The van der Waals surface area contributed by atoms with Crippen molar-refractivity contribution in [2.24, 2.45) is 5.92 Å². The van der Waals surface area contributed by atoms with Crippen LogP contribution in [0.25, 0.3) is 6.08 Å². The van der Waals surface area contributed by atoms with Crippen LogP contribution in [0.5, 0.6) is 0 Å². The van der Waals surface area contributed by atoms with Gasteiger partial charge in [0.25, 0.3) is 0 Å². The molecule has 1 atom stereocenters. The van der Waals surface area contributed by atoms with Crippen LogP contribution in [0.3, 0.4) is 0 Å². The van der Waals surface area contributed by atoms with Crippen LogP contribution in [0.4, 0.5) is 0 Å². The molecule has 1 heterocycles. The third-order valence-electron chi connectivity index (χ3n) is 2.86. The molecular weight excluding hydrogens is 202 g/mol. The fourth-order valence-electron chi connectivity index (χ4n) is 1.69. The summed E-state index contributed by atoms with van der Waals surface area (Å²) in [7, 11) is 0. The lowest BCUT2D eigenvalue weighted by Gasteiger charge is -2.09. The Labute approximate surface area is 95.5 Å². The van der Waals surface area contributed by atoms with Crippen molar-refractivity contribution in [1.29, 1.82) is 0 Å². The molecule has 1 saturated carbocycles. The number of carbonyl (C=O) groups excluding carboxylic acids is 1. The molecule has 1 aliphatic rings. The topological polar surface area (TPSA) is 42.2 Å². The Kier molecular flexibility index (Phi) is 3.13. The maximum atomic E-state index is 11.5. The first kappa shape index (κ1) is 11.0. The van der Waals surface area contributed by atoms with Crippen LogP contribution in [0.1, 0.15) is 31.3 Å². The van der Waals surface area contributed by atoms with E-state index in [4.69, 9.17) is 4.42 Å². The highest BCUT2D eigenvalue weighted by molar-refractivity contribution is 5.91. The van der Waals surface area contributed by atoms with Gasteiger partial charge >= 0.3 is 0 Å². The molecular formula is C13H17NO2. The van der Waals surface area contributed by atoms with Gasteiger partial charge in [-0.05, 0) is 50.8 Å². The molecule has 0 spiro atoms. The van der Waals surface area contributed by atoms with Crippen molar-refractivity contribution in [1.82, 2.24) is 5.32 Å².